The molecule has 3 nitrogen and oxygen atoms in total. The standard InChI is InChI=1S/C9H13NO2/c1-3-8(7(2)11)10-6-4-5-9(10)12/h3H,4-6H2,1-2H3. The fourth-order valence-corrected chi connectivity index (χ4v) is 1.45. The minimum absolute atomic E-state index is 0.0345. The van der Waals surface area contributed by atoms with E-state index in [9.17, 15) is 9.59 Å². The van der Waals surface area contributed by atoms with E-state index < -0.39 is 0 Å². The first-order chi connectivity index (χ1) is 5.66. The lowest BCUT2D eigenvalue weighted by Crippen LogP contribution is -2.27. The molecule has 66 valence electrons. The van der Waals surface area contributed by atoms with Gasteiger partial charge in [0.25, 0.3) is 0 Å². The molecule has 0 bridgehead atoms. The van der Waals surface area contributed by atoms with Crippen molar-refractivity contribution in [2.24, 2.45) is 0 Å². The van der Waals surface area contributed by atoms with Crippen molar-refractivity contribution in [2.75, 3.05) is 6.54 Å². The predicted molar refractivity (Wildman–Crippen MR) is 45.4 cm³/mol. The molecule has 0 aromatic rings. The minimum Gasteiger partial charge on any atom is -0.309 e. The van der Waals surface area contributed by atoms with Gasteiger partial charge in [0.15, 0.2) is 5.78 Å². The van der Waals surface area contributed by atoms with Crippen LogP contribution in [0.3, 0.4) is 0 Å². The van der Waals surface area contributed by atoms with E-state index in [0.29, 0.717) is 18.7 Å². The molecule has 0 aliphatic carbocycles. The van der Waals surface area contributed by atoms with E-state index in [1.165, 1.54) is 6.92 Å². The van der Waals surface area contributed by atoms with Crippen molar-refractivity contribution in [3.63, 3.8) is 0 Å². The highest BCUT2D eigenvalue weighted by atomic mass is 16.2. The number of nitrogens with zero attached hydrogens (tertiary/aromatic N) is 1. The Morgan fingerprint density at radius 3 is 2.58 bits per heavy atom. The molecule has 1 amide bonds. The van der Waals surface area contributed by atoms with Crippen molar-refractivity contribution < 1.29 is 9.59 Å². The normalized spacial score (nSPS) is 18.7. The molecular weight excluding hydrogens is 154 g/mol. The third kappa shape index (κ3) is 1.55. The van der Waals surface area contributed by atoms with E-state index in [2.05, 4.69) is 0 Å². The van der Waals surface area contributed by atoms with Gasteiger partial charge in [-0.3, -0.25) is 9.59 Å². The highest BCUT2D eigenvalue weighted by Gasteiger charge is 2.24. The molecule has 1 saturated heterocycles. The topological polar surface area (TPSA) is 37.4 Å². The first-order valence-electron chi connectivity index (χ1n) is 4.14. The van der Waals surface area contributed by atoms with Crippen molar-refractivity contribution >= 4 is 11.7 Å². The Morgan fingerprint density at radius 2 is 2.25 bits per heavy atom. The lowest BCUT2D eigenvalue weighted by atomic mass is 10.3. The van der Waals surface area contributed by atoms with Crippen LogP contribution in [0.15, 0.2) is 11.8 Å². The number of Topliss-reactive ketones (excluding diaryl/α,β-unsaturated/α-hetero) is 1. The molecule has 0 radical (unpaired) electrons. The number of carbonyl (C=O) groups excluding carboxylic acids is 2. The van der Waals surface area contributed by atoms with E-state index in [1.54, 1.807) is 17.9 Å². The van der Waals surface area contributed by atoms with E-state index in [1.807, 2.05) is 0 Å². The lowest BCUT2D eigenvalue weighted by molar-refractivity contribution is -0.128. The lowest BCUT2D eigenvalue weighted by Gasteiger charge is -2.16. The van der Waals surface area contributed by atoms with Gasteiger partial charge in [-0.25, -0.2) is 0 Å². The fourth-order valence-electron chi connectivity index (χ4n) is 1.45. The summed E-state index contributed by atoms with van der Waals surface area (Å²) >= 11 is 0. The number of hydrogen-bond donors (Lipinski definition) is 0. The van der Waals surface area contributed by atoms with Crippen molar-refractivity contribution in [1.29, 1.82) is 0 Å². The summed E-state index contributed by atoms with van der Waals surface area (Å²) in [7, 11) is 0. The number of carbonyl (C=O) groups is 2. The van der Waals surface area contributed by atoms with Crippen LogP contribution in [0.5, 0.6) is 0 Å². The molecule has 0 atom stereocenters. The smallest absolute Gasteiger partial charge is 0.227 e. The van der Waals surface area contributed by atoms with Crippen LogP contribution in [0.1, 0.15) is 26.7 Å². The van der Waals surface area contributed by atoms with Gasteiger partial charge in [-0.1, -0.05) is 6.08 Å². The van der Waals surface area contributed by atoms with Crippen LogP contribution in [0.25, 0.3) is 0 Å². The highest BCUT2D eigenvalue weighted by Crippen LogP contribution is 2.16. The Hall–Kier alpha value is -1.12. The number of amides is 1. The highest BCUT2D eigenvalue weighted by molar-refractivity contribution is 5.97. The Labute approximate surface area is 72.0 Å². The van der Waals surface area contributed by atoms with Crippen molar-refractivity contribution in [3.8, 4) is 0 Å². The summed E-state index contributed by atoms with van der Waals surface area (Å²) in [4.78, 5) is 23.8. The van der Waals surface area contributed by atoms with Crippen LogP contribution in [-0.2, 0) is 9.59 Å². The van der Waals surface area contributed by atoms with Crippen LogP contribution in [0.4, 0.5) is 0 Å². The Bertz CT molecular complexity index is 243. The average molecular weight is 167 g/mol. The van der Waals surface area contributed by atoms with Crippen LogP contribution in [0, 0.1) is 0 Å². The Balaban J connectivity index is 2.80. The molecule has 1 fully saturated rings. The van der Waals surface area contributed by atoms with E-state index >= 15 is 0 Å². The molecule has 3 heteroatoms. The van der Waals surface area contributed by atoms with Gasteiger partial charge in [-0.2, -0.15) is 0 Å². The molecule has 0 aromatic heterocycles. The molecule has 0 saturated carbocycles. The molecule has 0 spiro atoms. The molecule has 0 unspecified atom stereocenters. The zero-order valence-corrected chi connectivity index (χ0v) is 7.46. The second-order valence-corrected chi connectivity index (χ2v) is 2.88. The molecule has 0 aromatic carbocycles. The third-order valence-corrected chi connectivity index (χ3v) is 2.00. The minimum atomic E-state index is -0.0345. The summed E-state index contributed by atoms with van der Waals surface area (Å²) in [6, 6.07) is 0. The Morgan fingerprint density at radius 1 is 1.58 bits per heavy atom. The molecular formula is C9H13NO2. The number of likely N-dealkylation sites (tertiary alicyclic amines) is 1. The van der Waals surface area contributed by atoms with Crippen molar-refractivity contribution in [1.82, 2.24) is 4.90 Å². The summed E-state index contributed by atoms with van der Waals surface area (Å²) in [5.74, 6) is 0.0334. The molecule has 1 aliphatic heterocycles. The maximum atomic E-state index is 11.2. The average Bonchev–Trinajstić information content (AvgIpc) is 2.38. The van der Waals surface area contributed by atoms with Crippen LogP contribution in [-0.4, -0.2) is 23.1 Å². The number of hydrogen-bond acceptors (Lipinski definition) is 2. The van der Waals surface area contributed by atoms with E-state index in [4.69, 9.17) is 0 Å². The summed E-state index contributed by atoms with van der Waals surface area (Å²) in [6.45, 7) is 3.96. The summed E-state index contributed by atoms with van der Waals surface area (Å²) in [5, 5.41) is 0. The van der Waals surface area contributed by atoms with Gasteiger partial charge in [0.2, 0.25) is 5.91 Å². The maximum absolute atomic E-state index is 11.2. The SMILES string of the molecule is CC=C(C(C)=O)N1CCCC1=O. The summed E-state index contributed by atoms with van der Waals surface area (Å²) < 4.78 is 0. The Kier molecular flexibility index (Phi) is 2.63. The number of ketones is 1. The van der Waals surface area contributed by atoms with Gasteiger partial charge in [-0.05, 0) is 13.3 Å². The largest absolute Gasteiger partial charge is 0.309 e. The van der Waals surface area contributed by atoms with Crippen LogP contribution < -0.4 is 0 Å². The number of rotatable bonds is 2. The summed E-state index contributed by atoms with van der Waals surface area (Å²) in [5.41, 5.74) is 0.539. The zero-order chi connectivity index (χ0) is 9.14. The molecule has 12 heavy (non-hydrogen) atoms. The second-order valence-electron chi connectivity index (χ2n) is 2.88. The zero-order valence-electron chi connectivity index (χ0n) is 7.46. The van der Waals surface area contributed by atoms with Gasteiger partial charge in [0.05, 0.1) is 5.70 Å². The van der Waals surface area contributed by atoms with Gasteiger partial charge in [0, 0.05) is 19.9 Å². The van der Waals surface area contributed by atoms with Crippen molar-refractivity contribution in [2.45, 2.75) is 26.7 Å². The third-order valence-electron chi connectivity index (χ3n) is 2.00. The van der Waals surface area contributed by atoms with E-state index in [-0.39, 0.29) is 11.7 Å². The van der Waals surface area contributed by atoms with Gasteiger partial charge in [0.1, 0.15) is 0 Å². The second kappa shape index (κ2) is 3.52. The fraction of sp³-hybridized carbons (Fsp3) is 0.556. The summed E-state index contributed by atoms with van der Waals surface area (Å²) in [6.07, 6.45) is 3.14. The molecule has 1 aliphatic rings. The van der Waals surface area contributed by atoms with E-state index in [0.717, 1.165) is 6.42 Å². The molecule has 1 rings (SSSR count). The molecule has 0 N–H and O–H groups in total. The van der Waals surface area contributed by atoms with Crippen LogP contribution >= 0.6 is 0 Å². The first-order valence-corrected chi connectivity index (χ1v) is 4.14. The quantitative estimate of drug-likeness (QED) is 0.577. The maximum Gasteiger partial charge on any atom is 0.227 e. The first kappa shape index (κ1) is 8.97. The van der Waals surface area contributed by atoms with Crippen molar-refractivity contribution in [3.05, 3.63) is 11.8 Å². The van der Waals surface area contributed by atoms with Gasteiger partial charge in [-0.15, -0.1) is 0 Å². The predicted octanol–water partition coefficient (Wildman–Crippen LogP) is 1.10. The van der Waals surface area contributed by atoms with Gasteiger partial charge < -0.3 is 4.90 Å². The monoisotopic (exact) mass is 167 g/mol. The van der Waals surface area contributed by atoms with Gasteiger partial charge >= 0.3 is 0 Å². The van der Waals surface area contributed by atoms with Crippen LogP contribution in [0.2, 0.25) is 0 Å². The number of allylic oxidation sites excluding steroid dienone is 2. The molecule has 1 heterocycles.